The van der Waals surface area contributed by atoms with Crippen LogP contribution in [0.3, 0.4) is 0 Å². The number of benzene rings is 1. The highest BCUT2D eigenvalue weighted by atomic mass is 32.2. The van der Waals surface area contributed by atoms with Crippen LogP contribution in [0.2, 0.25) is 0 Å². The van der Waals surface area contributed by atoms with Crippen molar-refractivity contribution < 1.29 is 18.0 Å². The van der Waals surface area contributed by atoms with E-state index in [-0.39, 0.29) is 11.8 Å². The number of piperazine rings is 1. The molecule has 11 heteroatoms. The summed E-state index contributed by atoms with van der Waals surface area (Å²) < 4.78 is 27.6. The summed E-state index contributed by atoms with van der Waals surface area (Å²) in [6.45, 7) is 3.44. The highest BCUT2D eigenvalue weighted by Gasteiger charge is 2.26. The molecule has 1 fully saturated rings. The van der Waals surface area contributed by atoms with Crippen LogP contribution < -0.4 is 4.72 Å². The van der Waals surface area contributed by atoms with E-state index in [4.69, 9.17) is 0 Å². The van der Waals surface area contributed by atoms with Crippen LogP contribution in [0.4, 0.5) is 5.69 Å². The Morgan fingerprint density at radius 2 is 1.77 bits per heavy atom. The third-order valence-electron chi connectivity index (χ3n) is 4.12. The number of anilines is 1. The zero-order valence-electron chi connectivity index (χ0n) is 13.9. The van der Waals surface area contributed by atoms with Crippen LogP contribution in [0.25, 0.3) is 0 Å². The fourth-order valence-corrected chi connectivity index (χ4v) is 3.61. The second kappa shape index (κ2) is 7.79. The van der Waals surface area contributed by atoms with Crippen LogP contribution in [-0.4, -0.2) is 65.8 Å². The fourth-order valence-electron chi connectivity index (χ4n) is 2.74. The van der Waals surface area contributed by atoms with Crippen molar-refractivity contribution in [2.45, 2.75) is 6.92 Å². The molecule has 0 atom stereocenters. The SMILES string of the molecule is Cc1cc(C(=O)N2CCN(C(=O)c3csnn3)CC2)ccc1N[SH](=O)=O. The highest BCUT2D eigenvalue weighted by molar-refractivity contribution is 7.73. The lowest BCUT2D eigenvalue weighted by Gasteiger charge is -2.34. The zero-order chi connectivity index (χ0) is 18.7. The Labute approximate surface area is 155 Å². The van der Waals surface area contributed by atoms with Gasteiger partial charge in [0, 0.05) is 37.1 Å². The summed E-state index contributed by atoms with van der Waals surface area (Å²) in [5.41, 5.74) is 1.92. The molecule has 0 radical (unpaired) electrons. The van der Waals surface area contributed by atoms with Gasteiger partial charge in [-0.15, -0.1) is 5.10 Å². The van der Waals surface area contributed by atoms with Crippen LogP contribution in [0.1, 0.15) is 26.4 Å². The predicted octanol–water partition coefficient (Wildman–Crippen LogP) is 0.383. The van der Waals surface area contributed by atoms with Crippen molar-refractivity contribution >= 4 is 39.9 Å². The van der Waals surface area contributed by atoms with E-state index in [1.54, 1.807) is 40.3 Å². The number of thiol groups is 1. The molecule has 0 spiro atoms. The van der Waals surface area contributed by atoms with Crippen molar-refractivity contribution in [1.82, 2.24) is 19.4 Å². The topological polar surface area (TPSA) is 113 Å². The molecule has 1 aliphatic rings. The molecule has 0 aliphatic carbocycles. The second-order valence-electron chi connectivity index (χ2n) is 5.77. The van der Waals surface area contributed by atoms with Gasteiger partial charge >= 0.3 is 0 Å². The number of nitrogens with one attached hydrogen (secondary N) is 1. The Morgan fingerprint density at radius 1 is 1.12 bits per heavy atom. The lowest BCUT2D eigenvalue weighted by Crippen LogP contribution is -2.50. The molecule has 0 bridgehead atoms. The first-order valence-corrected chi connectivity index (χ1v) is 9.84. The normalized spacial score (nSPS) is 14.5. The van der Waals surface area contributed by atoms with Gasteiger partial charge in [-0.05, 0) is 42.2 Å². The summed E-state index contributed by atoms with van der Waals surface area (Å²) >= 11 is 1.12. The van der Waals surface area contributed by atoms with E-state index in [1.807, 2.05) is 0 Å². The molecule has 1 aromatic carbocycles. The average Bonchev–Trinajstić information content (AvgIpc) is 3.16. The van der Waals surface area contributed by atoms with Crippen LogP contribution in [0.5, 0.6) is 0 Å². The Balaban J connectivity index is 1.63. The molecule has 1 N–H and O–H groups in total. The largest absolute Gasteiger partial charge is 0.335 e. The number of nitrogens with zero attached hydrogens (tertiary/aromatic N) is 4. The van der Waals surface area contributed by atoms with Gasteiger partial charge in [0.25, 0.3) is 11.8 Å². The first-order valence-electron chi connectivity index (χ1n) is 7.83. The molecule has 1 aromatic heterocycles. The van der Waals surface area contributed by atoms with Gasteiger partial charge in [-0.25, -0.2) is 8.42 Å². The van der Waals surface area contributed by atoms with Gasteiger partial charge in [-0.3, -0.25) is 14.3 Å². The maximum absolute atomic E-state index is 12.7. The molecule has 2 amide bonds. The van der Waals surface area contributed by atoms with E-state index in [1.165, 1.54) is 0 Å². The molecule has 138 valence electrons. The van der Waals surface area contributed by atoms with E-state index >= 15 is 0 Å². The quantitative estimate of drug-likeness (QED) is 0.724. The predicted molar refractivity (Wildman–Crippen MR) is 96.8 cm³/mol. The second-order valence-corrected chi connectivity index (χ2v) is 7.12. The van der Waals surface area contributed by atoms with E-state index in [0.717, 1.165) is 11.5 Å². The summed E-state index contributed by atoms with van der Waals surface area (Å²) in [6.07, 6.45) is 0. The van der Waals surface area contributed by atoms with Gasteiger partial charge in [0.15, 0.2) is 5.69 Å². The summed E-state index contributed by atoms with van der Waals surface area (Å²) in [6, 6.07) is 4.82. The summed E-state index contributed by atoms with van der Waals surface area (Å²) in [5.74, 6) is -0.322. The molecule has 2 heterocycles. The Hall–Kier alpha value is -2.53. The van der Waals surface area contributed by atoms with Gasteiger partial charge in [0.05, 0.1) is 5.69 Å². The molecule has 3 rings (SSSR count). The first kappa shape index (κ1) is 18.3. The smallest absolute Gasteiger partial charge is 0.275 e. The first-order chi connectivity index (χ1) is 12.5. The molecule has 1 saturated heterocycles. The van der Waals surface area contributed by atoms with E-state index in [0.29, 0.717) is 48.7 Å². The van der Waals surface area contributed by atoms with Crippen LogP contribution in [-0.2, 0) is 10.9 Å². The maximum Gasteiger partial charge on any atom is 0.275 e. The number of aromatic nitrogens is 2. The van der Waals surface area contributed by atoms with Crippen LogP contribution >= 0.6 is 11.5 Å². The van der Waals surface area contributed by atoms with Crippen LogP contribution in [0, 0.1) is 6.92 Å². The van der Waals surface area contributed by atoms with Crippen LogP contribution in [0.15, 0.2) is 23.6 Å². The minimum Gasteiger partial charge on any atom is -0.335 e. The molecule has 9 nitrogen and oxygen atoms in total. The number of carbonyl (C=O) groups excluding carboxylic acids is 2. The van der Waals surface area contributed by atoms with Crippen molar-refractivity contribution in [3.8, 4) is 0 Å². The molecule has 0 unspecified atom stereocenters. The molecular formula is C15H17N5O4S2. The van der Waals surface area contributed by atoms with Gasteiger partial charge in [0.2, 0.25) is 10.9 Å². The highest BCUT2D eigenvalue weighted by Crippen LogP contribution is 2.18. The van der Waals surface area contributed by atoms with Gasteiger partial charge in [-0.1, -0.05) is 4.49 Å². The van der Waals surface area contributed by atoms with Crippen molar-refractivity contribution in [1.29, 1.82) is 0 Å². The Morgan fingerprint density at radius 3 is 2.31 bits per heavy atom. The summed E-state index contributed by atoms with van der Waals surface area (Å²) in [5, 5.41) is 5.38. The average molecular weight is 395 g/mol. The monoisotopic (exact) mass is 395 g/mol. The number of aryl methyl sites for hydroxylation is 1. The number of hydrogen-bond acceptors (Lipinski definition) is 7. The lowest BCUT2D eigenvalue weighted by molar-refractivity contribution is 0.0532. The maximum atomic E-state index is 12.7. The lowest BCUT2D eigenvalue weighted by atomic mass is 10.1. The number of amides is 2. The summed E-state index contributed by atoms with van der Waals surface area (Å²) in [4.78, 5) is 28.2. The molecule has 0 saturated carbocycles. The van der Waals surface area contributed by atoms with Crippen molar-refractivity contribution in [3.63, 3.8) is 0 Å². The molecule has 2 aromatic rings. The van der Waals surface area contributed by atoms with Gasteiger partial charge in [0.1, 0.15) is 0 Å². The zero-order valence-corrected chi connectivity index (χ0v) is 15.6. The van der Waals surface area contributed by atoms with Crippen molar-refractivity contribution in [3.05, 3.63) is 40.4 Å². The Bertz CT molecular complexity index is 881. The molecule has 1 aliphatic heterocycles. The van der Waals surface area contributed by atoms with E-state index in [9.17, 15) is 18.0 Å². The third kappa shape index (κ3) is 3.99. The van der Waals surface area contributed by atoms with Crippen molar-refractivity contribution in [2.24, 2.45) is 0 Å². The van der Waals surface area contributed by atoms with E-state index < -0.39 is 10.9 Å². The minimum atomic E-state index is -2.75. The summed E-state index contributed by atoms with van der Waals surface area (Å²) in [7, 11) is -2.75. The minimum absolute atomic E-state index is 0.145. The van der Waals surface area contributed by atoms with E-state index in [2.05, 4.69) is 14.3 Å². The molecule has 26 heavy (non-hydrogen) atoms. The fraction of sp³-hybridized carbons (Fsp3) is 0.333. The standard InChI is InChI=1S/C15H17N5O4S2/c1-10-8-11(2-3-12(10)17-26(23)24)14(21)19-4-6-20(7-5-19)15(22)13-9-25-18-16-13/h2-3,8-9,26H,4-7H2,1H3,(H,17,23,24). The Kier molecular flexibility index (Phi) is 5.47. The van der Waals surface area contributed by atoms with Gasteiger partial charge in [-0.2, -0.15) is 0 Å². The third-order valence-corrected chi connectivity index (χ3v) is 5.05. The van der Waals surface area contributed by atoms with Gasteiger partial charge < -0.3 is 9.80 Å². The number of carbonyl (C=O) groups is 2. The number of rotatable bonds is 4. The molecular weight excluding hydrogens is 378 g/mol. The number of hydrogen-bond donors (Lipinski definition) is 2. The van der Waals surface area contributed by atoms with Crippen molar-refractivity contribution in [2.75, 3.05) is 30.9 Å².